The molecule has 32 heavy (non-hydrogen) atoms. The van der Waals surface area contributed by atoms with Crippen molar-refractivity contribution in [2.24, 2.45) is 4.99 Å². The smallest absolute Gasteiger partial charge is 0.253 e. The Kier molecular flexibility index (Phi) is 10.5. The highest BCUT2D eigenvalue weighted by Crippen LogP contribution is 2.18. The fraction of sp³-hybridized carbons (Fsp3) is 0.308. The van der Waals surface area contributed by atoms with Gasteiger partial charge >= 0.3 is 0 Å². The lowest BCUT2D eigenvalue weighted by Gasteiger charge is -2.13. The molecular formula is C26H33IN4O. The zero-order valence-corrected chi connectivity index (χ0v) is 21.4. The van der Waals surface area contributed by atoms with E-state index < -0.39 is 0 Å². The van der Waals surface area contributed by atoms with E-state index in [0.717, 1.165) is 49.6 Å². The molecule has 0 aromatic heterocycles. The molecule has 3 aromatic carbocycles. The topological polar surface area (TPSA) is 56.7 Å². The van der Waals surface area contributed by atoms with E-state index in [2.05, 4.69) is 66.1 Å². The quantitative estimate of drug-likeness (QED) is 0.250. The molecule has 170 valence electrons. The molecule has 6 heteroatoms. The van der Waals surface area contributed by atoms with Gasteiger partial charge in [-0.3, -0.25) is 9.79 Å². The molecular weight excluding hydrogens is 511 g/mol. The Morgan fingerprint density at radius 3 is 2.47 bits per heavy atom. The van der Waals surface area contributed by atoms with E-state index in [4.69, 9.17) is 4.99 Å². The van der Waals surface area contributed by atoms with Crippen LogP contribution in [0.5, 0.6) is 0 Å². The maximum absolute atomic E-state index is 12.2. The summed E-state index contributed by atoms with van der Waals surface area (Å²) in [6, 6.07) is 22.7. The third-order valence-electron chi connectivity index (χ3n) is 5.16. The van der Waals surface area contributed by atoms with Crippen molar-refractivity contribution >= 4 is 46.6 Å². The summed E-state index contributed by atoms with van der Waals surface area (Å²) in [4.78, 5) is 18.5. The lowest BCUT2D eigenvalue weighted by molar-refractivity contribution is 0.0827. The summed E-state index contributed by atoms with van der Waals surface area (Å²) in [6.07, 6.45) is 1.72. The molecule has 0 saturated carbocycles. The summed E-state index contributed by atoms with van der Waals surface area (Å²) in [5, 5.41) is 9.29. The largest absolute Gasteiger partial charge is 0.357 e. The lowest BCUT2D eigenvalue weighted by atomic mass is 10.0. The van der Waals surface area contributed by atoms with Crippen LogP contribution in [0.25, 0.3) is 10.8 Å². The molecule has 0 saturated heterocycles. The molecule has 0 unspecified atom stereocenters. The Balaban J connectivity index is 0.00000363. The Labute approximate surface area is 208 Å². The van der Waals surface area contributed by atoms with Crippen LogP contribution >= 0.6 is 24.0 Å². The SMILES string of the molecule is CCNC(=NCCc1cccc2ccccc12)NCCc1cccc(C(=O)N(C)C)c1.I. The van der Waals surface area contributed by atoms with Crippen LogP contribution in [-0.4, -0.2) is 50.5 Å². The van der Waals surface area contributed by atoms with E-state index in [1.807, 2.05) is 18.2 Å². The van der Waals surface area contributed by atoms with Crippen LogP contribution in [0.15, 0.2) is 71.7 Å². The van der Waals surface area contributed by atoms with Gasteiger partial charge in [-0.2, -0.15) is 0 Å². The summed E-state index contributed by atoms with van der Waals surface area (Å²) in [5.74, 6) is 0.849. The van der Waals surface area contributed by atoms with Crippen LogP contribution in [0.1, 0.15) is 28.4 Å². The fourth-order valence-corrected chi connectivity index (χ4v) is 3.58. The van der Waals surface area contributed by atoms with Crippen LogP contribution < -0.4 is 10.6 Å². The Hall–Kier alpha value is -2.61. The van der Waals surface area contributed by atoms with Crippen molar-refractivity contribution in [3.63, 3.8) is 0 Å². The second kappa shape index (κ2) is 13.1. The number of rotatable bonds is 8. The average Bonchev–Trinajstić information content (AvgIpc) is 2.79. The predicted octanol–water partition coefficient (Wildman–Crippen LogP) is 4.50. The van der Waals surface area contributed by atoms with Crippen molar-refractivity contribution in [1.82, 2.24) is 15.5 Å². The van der Waals surface area contributed by atoms with Crippen LogP contribution in [0.4, 0.5) is 0 Å². The first-order chi connectivity index (χ1) is 15.1. The van der Waals surface area contributed by atoms with Gasteiger partial charge in [0.25, 0.3) is 5.91 Å². The van der Waals surface area contributed by atoms with Crippen molar-refractivity contribution in [1.29, 1.82) is 0 Å². The van der Waals surface area contributed by atoms with Gasteiger partial charge in [-0.25, -0.2) is 0 Å². The number of halogens is 1. The van der Waals surface area contributed by atoms with Gasteiger partial charge < -0.3 is 15.5 Å². The van der Waals surface area contributed by atoms with E-state index in [1.165, 1.54) is 16.3 Å². The molecule has 1 amide bonds. The van der Waals surface area contributed by atoms with E-state index in [9.17, 15) is 4.79 Å². The first-order valence-corrected chi connectivity index (χ1v) is 10.9. The van der Waals surface area contributed by atoms with Crippen LogP contribution in [0, 0.1) is 0 Å². The summed E-state index contributed by atoms with van der Waals surface area (Å²) in [5.41, 5.74) is 3.17. The zero-order valence-electron chi connectivity index (χ0n) is 19.1. The third-order valence-corrected chi connectivity index (χ3v) is 5.16. The van der Waals surface area contributed by atoms with Gasteiger partial charge in [-0.05, 0) is 53.8 Å². The third kappa shape index (κ3) is 7.22. The van der Waals surface area contributed by atoms with Crippen LogP contribution in [0.3, 0.4) is 0 Å². The molecule has 0 heterocycles. The maximum Gasteiger partial charge on any atom is 0.253 e. The summed E-state index contributed by atoms with van der Waals surface area (Å²) < 4.78 is 0. The molecule has 3 rings (SSSR count). The minimum absolute atomic E-state index is 0. The number of hydrogen-bond acceptors (Lipinski definition) is 2. The second-order valence-corrected chi connectivity index (χ2v) is 7.73. The molecule has 0 atom stereocenters. The molecule has 0 radical (unpaired) electrons. The normalized spacial score (nSPS) is 11.0. The van der Waals surface area contributed by atoms with Gasteiger partial charge in [0, 0.05) is 39.3 Å². The molecule has 5 nitrogen and oxygen atoms in total. The maximum atomic E-state index is 12.2. The number of nitrogens with zero attached hydrogens (tertiary/aromatic N) is 2. The standard InChI is InChI=1S/C26H32N4O.HI/c1-4-27-26(28-17-15-20-9-7-13-23(19-20)25(31)30(2)3)29-18-16-22-12-8-11-21-10-5-6-14-24(21)22;/h5-14,19H,4,15-18H2,1-3H3,(H2,27,28,29);1H. The highest BCUT2D eigenvalue weighted by atomic mass is 127. The number of fused-ring (bicyclic) bond motifs is 1. The molecule has 0 bridgehead atoms. The number of amides is 1. The number of carbonyl (C=O) groups is 1. The highest BCUT2D eigenvalue weighted by molar-refractivity contribution is 14.0. The van der Waals surface area contributed by atoms with E-state index in [0.29, 0.717) is 0 Å². The predicted molar refractivity (Wildman–Crippen MR) is 145 cm³/mol. The Morgan fingerprint density at radius 2 is 1.69 bits per heavy atom. The number of benzene rings is 3. The molecule has 0 aliphatic heterocycles. The van der Waals surface area contributed by atoms with Gasteiger partial charge in [0.05, 0.1) is 0 Å². The molecule has 3 aromatic rings. The molecule has 0 aliphatic carbocycles. The molecule has 2 N–H and O–H groups in total. The lowest BCUT2D eigenvalue weighted by Crippen LogP contribution is -2.38. The number of carbonyl (C=O) groups excluding carboxylic acids is 1. The number of aliphatic imine (C=N–C) groups is 1. The first kappa shape index (κ1) is 25.6. The van der Waals surface area contributed by atoms with Gasteiger partial charge in [0.1, 0.15) is 0 Å². The van der Waals surface area contributed by atoms with E-state index in [-0.39, 0.29) is 29.9 Å². The Bertz CT molecular complexity index is 1040. The van der Waals surface area contributed by atoms with Gasteiger partial charge in [0.15, 0.2) is 5.96 Å². The zero-order chi connectivity index (χ0) is 22.1. The van der Waals surface area contributed by atoms with Crippen LogP contribution in [0.2, 0.25) is 0 Å². The monoisotopic (exact) mass is 544 g/mol. The van der Waals surface area contributed by atoms with Crippen LogP contribution in [-0.2, 0) is 12.8 Å². The number of guanidine groups is 1. The van der Waals surface area contributed by atoms with E-state index >= 15 is 0 Å². The summed E-state index contributed by atoms with van der Waals surface area (Å²) in [7, 11) is 3.54. The second-order valence-electron chi connectivity index (χ2n) is 7.73. The van der Waals surface area contributed by atoms with Gasteiger partial charge in [0.2, 0.25) is 0 Å². The Morgan fingerprint density at radius 1 is 0.938 bits per heavy atom. The number of nitrogens with one attached hydrogen (secondary N) is 2. The minimum Gasteiger partial charge on any atom is -0.357 e. The fourth-order valence-electron chi connectivity index (χ4n) is 3.58. The average molecular weight is 544 g/mol. The number of hydrogen-bond donors (Lipinski definition) is 2. The van der Waals surface area contributed by atoms with Gasteiger partial charge in [-0.15, -0.1) is 24.0 Å². The van der Waals surface area contributed by atoms with Gasteiger partial charge in [-0.1, -0.05) is 54.6 Å². The van der Waals surface area contributed by atoms with Crippen molar-refractivity contribution in [3.8, 4) is 0 Å². The minimum atomic E-state index is 0. The highest BCUT2D eigenvalue weighted by Gasteiger charge is 2.08. The molecule has 0 spiro atoms. The van der Waals surface area contributed by atoms with Crippen molar-refractivity contribution < 1.29 is 4.79 Å². The summed E-state index contributed by atoms with van der Waals surface area (Å²) in [6.45, 7) is 4.35. The van der Waals surface area contributed by atoms with Crippen molar-refractivity contribution in [2.45, 2.75) is 19.8 Å². The first-order valence-electron chi connectivity index (χ1n) is 10.9. The van der Waals surface area contributed by atoms with E-state index in [1.54, 1.807) is 19.0 Å². The summed E-state index contributed by atoms with van der Waals surface area (Å²) >= 11 is 0. The molecule has 0 fully saturated rings. The molecule has 0 aliphatic rings. The van der Waals surface area contributed by atoms with Crippen molar-refractivity contribution in [2.75, 3.05) is 33.7 Å². The van der Waals surface area contributed by atoms with Crippen molar-refractivity contribution in [3.05, 3.63) is 83.4 Å².